The van der Waals surface area contributed by atoms with Crippen LogP contribution in [0.2, 0.25) is 0 Å². The molecule has 4 heteroatoms. The lowest BCUT2D eigenvalue weighted by atomic mass is 10.0. The van der Waals surface area contributed by atoms with E-state index in [1.54, 1.807) is 12.3 Å². The second kappa shape index (κ2) is 6.64. The molecule has 0 aliphatic heterocycles. The van der Waals surface area contributed by atoms with E-state index in [0.717, 1.165) is 11.4 Å². The molecule has 1 amide bonds. The maximum atomic E-state index is 12.0. The van der Waals surface area contributed by atoms with Crippen molar-refractivity contribution < 1.29 is 4.79 Å². The molecule has 3 nitrogen and oxygen atoms in total. The van der Waals surface area contributed by atoms with Crippen molar-refractivity contribution in [3.8, 4) is 0 Å². The summed E-state index contributed by atoms with van der Waals surface area (Å²) in [4.78, 5) is 16.1. The minimum atomic E-state index is -0.0181. The van der Waals surface area contributed by atoms with Crippen LogP contribution >= 0.6 is 11.8 Å². The number of aromatic nitrogens is 1. The third kappa shape index (κ3) is 4.04. The lowest BCUT2D eigenvalue weighted by Crippen LogP contribution is -2.36. The van der Waals surface area contributed by atoms with Crippen LogP contribution in [0.25, 0.3) is 0 Å². The first kappa shape index (κ1) is 14.0. The Bertz CT molecular complexity index is 381. The monoisotopic (exact) mass is 252 g/mol. The van der Waals surface area contributed by atoms with Gasteiger partial charge in [-0.1, -0.05) is 20.3 Å². The molecule has 0 saturated carbocycles. The Morgan fingerprint density at radius 3 is 2.82 bits per heavy atom. The van der Waals surface area contributed by atoms with Gasteiger partial charge in [0.15, 0.2) is 0 Å². The number of hydrogen-bond acceptors (Lipinski definition) is 3. The van der Waals surface area contributed by atoms with Gasteiger partial charge < -0.3 is 5.32 Å². The molecule has 0 saturated heterocycles. The van der Waals surface area contributed by atoms with Crippen LogP contribution in [-0.2, 0) is 0 Å². The van der Waals surface area contributed by atoms with Crippen molar-refractivity contribution >= 4 is 17.7 Å². The normalized spacial score (nSPS) is 14.1. The number of amides is 1. The minimum Gasteiger partial charge on any atom is -0.349 e. The molecular formula is C13H20N2OS. The molecule has 1 aromatic heterocycles. The van der Waals surface area contributed by atoms with E-state index in [2.05, 4.69) is 24.1 Å². The molecule has 0 aliphatic rings. The van der Waals surface area contributed by atoms with Crippen molar-refractivity contribution in [2.45, 2.75) is 38.3 Å². The number of nitrogens with zero attached hydrogens (tertiary/aromatic N) is 1. The highest BCUT2D eigenvalue weighted by Gasteiger charge is 2.14. The minimum absolute atomic E-state index is 0.0181. The third-order valence-electron chi connectivity index (χ3n) is 3.06. The standard InChI is InChI=1S/C13H20N2OS/c1-5-9(2)10(3)15-13(16)11-6-7-14-12(8-11)17-4/h6-10H,5H2,1-4H3,(H,15,16)/t9-,10-/m1/s1. The number of nitrogens with one attached hydrogen (secondary N) is 1. The first-order valence-electron chi connectivity index (χ1n) is 5.89. The quantitative estimate of drug-likeness (QED) is 0.819. The molecule has 1 aromatic rings. The van der Waals surface area contributed by atoms with E-state index in [9.17, 15) is 4.79 Å². The van der Waals surface area contributed by atoms with Gasteiger partial charge in [0.25, 0.3) is 5.91 Å². The van der Waals surface area contributed by atoms with Crippen molar-refractivity contribution in [2.75, 3.05) is 6.26 Å². The summed E-state index contributed by atoms with van der Waals surface area (Å²) >= 11 is 1.54. The van der Waals surface area contributed by atoms with Crippen LogP contribution in [0.3, 0.4) is 0 Å². The lowest BCUT2D eigenvalue weighted by Gasteiger charge is -2.19. The zero-order chi connectivity index (χ0) is 12.8. The first-order valence-corrected chi connectivity index (χ1v) is 7.11. The fraction of sp³-hybridized carbons (Fsp3) is 0.538. The van der Waals surface area contributed by atoms with Gasteiger partial charge in [-0.3, -0.25) is 4.79 Å². The molecule has 0 fully saturated rings. The van der Waals surface area contributed by atoms with Crippen LogP contribution in [0.4, 0.5) is 0 Å². The summed E-state index contributed by atoms with van der Waals surface area (Å²) in [6.07, 6.45) is 4.69. The van der Waals surface area contributed by atoms with Crippen molar-refractivity contribution in [3.05, 3.63) is 23.9 Å². The predicted molar refractivity (Wildman–Crippen MR) is 72.4 cm³/mol. The average Bonchev–Trinajstić information content (AvgIpc) is 2.37. The number of thioether (sulfide) groups is 1. The Labute approximate surface area is 107 Å². The van der Waals surface area contributed by atoms with Crippen LogP contribution in [0.1, 0.15) is 37.6 Å². The largest absolute Gasteiger partial charge is 0.349 e. The van der Waals surface area contributed by atoms with E-state index in [4.69, 9.17) is 0 Å². The first-order chi connectivity index (χ1) is 8.08. The summed E-state index contributed by atoms with van der Waals surface area (Å²) in [5.74, 6) is 0.469. The highest BCUT2D eigenvalue weighted by Crippen LogP contribution is 2.13. The zero-order valence-corrected chi connectivity index (χ0v) is 11.7. The predicted octanol–water partition coefficient (Wildman–Crippen LogP) is 2.97. The molecule has 0 aromatic carbocycles. The summed E-state index contributed by atoms with van der Waals surface area (Å²) in [6.45, 7) is 6.32. The summed E-state index contributed by atoms with van der Waals surface area (Å²) in [6, 6.07) is 3.76. The topological polar surface area (TPSA) is 42.0 Å². The van der Waals surface area contributed by atoms with Crippen LogP contribution in [0, 0.1) is 5.92 Å². The molecule has 1 rings (SSSR count). The Balaban J connectivity index is 2.69. The van der Waals surface area contributed by atoms with Crippen molar-refractivity contribution in [3.63, 3.8) is 0 Å². The molecule has 0 radical (unpaired) electrons. The second-order valence-corrected chi connectivity index (χ2v) is 5.06. The van der Waals surface area contributed by atoms with E-state index in [0.29, 0.717) is 11.5 Å². The molecule has 0 spiro atoms. The van der Waals surface area contributed by atoms with E-state index in [-0.39, 0.29) is 11.9 Å². The average molecular weight is 252 g/mol. The van der Waals surface area contributed by atoms with Gasteiger partial charge in [0.2, 0.25) is 0 Å². The van der Waals surface area contributed by atoms with Gasteiger partial charge in [-0.2, -0.15) is 0 Å². The summed E-state index contributed by atoms with van der Waals surface area (Å²) in [5, 5.41) is 3.89. The summed E-state index contributed by atoms with van der Waals surface area (Å²) in [5.41, 5.74) is 0.680. The van der Waals surface area contributed by atoms with Crippen LogP contribution in [0.5, 0.6) is 0 Å². The van der Waals surface area contributed by atoms with Crippen LogP contribution < -0.4 is 5.32 Å². The Morgan fingerprint density at radius 1 is 1.53 bits per heavy atom. The maximum Gasteiger partial charge on any atom is 0.251 e. The fourth-order valence-corrected chi connectivity index (χ4v) is 1.86. The molecule has 17 heavy (non-hydrogen) atoms. The molecule has 0 unspecified atom stereocenters. The molecule has 2 atom stereocenters. The molecule has 0 bridgehead atoms. The molecule has 0 aliphatic carbocycles. The van der Waals surface area contributed by atoms with Crippen molar-refractivity contribution in [1.29, 1.82) is 0 Å². The van der Waals surface area contributed by atoms with E-state index >= 15 is 0 Å². The number of carbonyl (C=O) groups is 1. The summed E-state index contributed by atoms with van der Waals surface area (Å²) in [7, 11) is 0. The Kier molecular flexibility index (Phi) is 5.48. The van der Waals surface area contributed by atoms with E-state index in [1.165, 1.54) is 11.8 Å². The number of pyridine rings is 1. The zero-order valence-electron chi connectivity index (χ0n) is 10.9. The molecule has 94 valence electrons. The smallest absolute Gasteiger partial charge is 0.251 e. The fourth-order valence-electron chi connectivity index (χ4n) is 1.45. The highest BCUT2D eigenvalue weighted by atomic mass is 32.2. The maximum absolute atomic E-state index is 12.0. The third-order valence-corrected chi connectivity index (χ3v) is 3.70. The van der Waals surface area contributed by atoms with Gasteiger partial charge >= 0.3 is 0 Å². The Hall–Kier alpha value is -1.03. The molecule has 1 N–H and O–H groups in total. The lowest BCUT2D eigenvalue weighted by molar-refractivity contribution is 0.0927. The van der Waals surface area contributed by atoms with Crippen molar-refractivity contribution in [1.82, 2.24) is 10.3 Å². The molecular weight excluding hydrogens is 232 g/mol. The SMILES string of the molecule is CC[C@@H](C)[C@@H](C)NC(=O)c1ccnc(SC)c1. The van der Waals surface area contributed by atoms with Gasteiger partial charge in [0.05, 0.1) is 5.03 Å². The second-order valence-electron chi connectivity index (χ2n) is 4.23. The van der Waals surface area contributed by atoms with Crippen molar-refractivity contribution in [2.24, 2.45) is 5.92 Å². The van der Waals surface area contributed by atoms with Gasteiger partial charge in [0, 0.05) is 17.8 Å². The number of rotatable bonds is 5. The number of carbonyl (C=O) groups excluding carboxylic acids is 1. The highest BCUT2D eigenvalue weighted by molar-refractivity contribution is 7.98. The number of hydrogen-bond donors (Lipinski definition) is 1. The van der Waals surface area contributed by atoms with Gasteiger partial charge in [0.1, 0.15) is 0 Å². The summed E-state index contributed by atoms with van der Waals surface area (Å²) < 4.78 is 0. The van der Waals surface area contributed by atoms with Gasteiger partial charge in [-0.05, 0) is 31.2 Å². The van der Waals surface area contributed by atoms with E-state index < -0.39 is 0 Å². The van der Waals surface area contributed by atoms with E-state index in [1.807, 2.05) is 19.2 Å². The van der Waals surface area contributed by atoms with Crippen LogP contribution in [-0.4, -0.2) is 23.2 Å². The Morgan fingerprint density at radius 2 is 2.24 bits per heavy atom. The van der Waals surface area contributed by atoms with Gasteiger partial charge in [-0.15, -0.1) is 11.8 Å². The van der Waals surface area contributed by atoms with Gasteiger partial charge in [-0.25, -0.2) is 4.98 Å². The van der Waals surface area contributed by atoms with Crippen LogP contribution in [0.15, 0.2) is 23.4 Å². The molecule has 1 heterocycles.